The molecule has 0 amide bonds. The van der Waals surface area contributed by atoms with Crippen molar-refractivity contribution >= 4 is 8.07 Å². The van der Waals surface area contributed by atoms with Crippen LogP contribution in [-0.4, -0.2) is 8.07 Å². The summed E-state index contributed by atoms with van der Waals surface area (Å²) in [6.07, 6.45) is 9.23. The molecule has 1 unspecified atom stereocenters. The van der Waals surface area contributed by atoms with Gasteiger partial charge in [-0.15, -0.1) is 0 Å². The summed E-state index contributed by atoms with van der Waals surface area (Å²) in [5, 5.41) is 0. The van der Waals surface area contributed by atoms with E-state index in [2.05, 4.69) is 32.6 Å². The summed E-state index contributed by atoms with van der Waals surface area (Å²) < 4.78 is 0. The summed E-state index contributed by atoms with van der Waals surface area (Å²) in [4.78, 5) is 0. The maximum atomic E-state index is 3.73. The minimum Gasteiger partial charge on any atom is -1.00 e. The molecule has 0 spiro atoms. The van der Waals surface area contributed by atoms with Gasteiger partial charge in [-0.3, -0.25) is 6.08 Å². The number of hydrogen-bond acceptors (Lipinski definition) is 0. The van der Waals surface area contributed by atoms with E-state index in [0.717, 1.165) is 0 Å². The second kappa shape index (κ2) is 10.1. The third kappa shape index (κ3) is 6.72. The topological polar surface area (TPSA) is 0 Å². The first-order chi connectivity index (χ1) is 6.97. The standard InChI is InChI=1S/C14H23Si.3ClH.Ti/c1-11-9-12(10-15(2,3)4)14-8-6-5-7-13(11)14;;;;/h12H,5-8,10H2,1-4H3;3*1H;/q-1;;;;+4/p-3. The van der Waals surface area contributed by atoms with Crippen molar-refractivity contribution in [2.45, 2.75) is 58.3 Å². The van der Waals surface area contributed by atoms with Gasteiger partial charge in [-0.25, -0.2) is 5.57 Å². The Labute approximate surface area is 153 Å². The SMILES string of the molecule is CC1=[C-]C(C[Si](C)(C)C)C2=C1CCCC2.[Cl-].[Cl-].[Cl-].[Ti+4]. The second-order valence-corrected chi connectivity index (χ2v) is 11.8. The van der Waals surface area contributed by atoms with Gasteiger partial charge in [0.25, 0.3) is 0 Å². The van der Waals surface area contributed by atoms with Crippen LogP contribution >= 0.6 is 0 Å². The molecule has 0 radical (unpaired) electrons. The van der Waals surface area contributed by atoms with Crippen LogP contribution in [0.5, 0.6) is 0 Å². The maximum Gasteiger partial charge on any atom is 4.00 e. The molecule has 0 aliphatic heterocycles. The zero-order valence-electron chi connectivity index (χ0n) is 12.2. The van der Waals surface area contributed by atoms with Crippen LogP contribution in [0.4, 0.5) is 0 Å². The van der Waals surface area contributed by atoms with Crippen LogP contribution in [0.2, 0.25) is 25.7 Å². The second-order valence-electron chi connectivity index (χ2n) is 6.30. The van der Waals surface area contributed by atoms with Gasteiger partial charge < -0.3 is 37.2 Å². The Balaban J connectivity index is -0.000000640. The first kappa shape index (κ1) is 25.2. The zero-order valence-corrected chi connectivity index (χ0v) is 17.1. The van der Waals surface area contributed by atoms with Gasteiger partial charge in [0, 0.05) is 8.07 Å². The zero-order chi connectivity index (χ0) is 11.1. The molecule has 2 rings (SSSR count). The first-order valence-corrected chi connectivity index (χ1v) is 10.0. The van der Waals surface area contributed by atoms with Gasteiger partial charge in [0.2, 0.25) is 0 Å². The third-order valence-corrected chi connectivity index (χ3v) is 5.22. The van der Waals surface area contributed by atoms with Crippen molar-refractivity contribution in [3.05, 3.63) is 22.8 Å². The molecular formula is C14H23Cl3SiTi. The molecular weight excluding hydrogens is 350 g/mol. The summed E-state index contributed by atoms with van der Waals surface area (Å²) in [5.74, 6) is 0.701. The van der Waals surface area contributed by atoms with Gasteiger partial charge in [0.15, 0.2) is 0 Å². The van der Waals surface area contributed by atoms with Crippen LogP contribution < -0.4 is 37.2 Å². The van der Waals surface area contributed by atoms with Crippen LogP contribution in [-0.2, 0) is 21.7 Å². The predicted octanol–water partition coefficient (Wildman–Crippen LogP) is -4.42. The van der Waals surface area contributed by atoms with Gasteiger partial charge in [0.05, 0.1) is 0 Å². The molecule has 0 aromatic heterocycles. The Kier molecular flexibility index (Phi) is 13.4. The minimum absolute atomic E-state index is 0. The van der Waals surface area contributed by atoms with Crippen LogP contribution in [0, 0.1) is 12.0 Å². The molecule has 0 N–H and O–H groups in total. The summed E-state index contributed by atoms with van der Waals surface area (Å²) >= 11 is 0. The molecule has 0 fully saturated rings. The van der Waals surface area contributed by atoms with Crippen molar-refractivity contribution in [3.63, 3.8) is 0 Å². The monoisotopic (exact) mass is 372 g/mol. The molecule has 1 atom stereocenters. The Morgan fingerprint density at radius 1 is 1.05 bits per heavy atom. The number of allylic oxidation sites excluding steroid dienone is 4. The van der Waals surface area contributed by atoms with Crippen LogP contribution in [0.15, 0.2) is 16.7 Å². The first-order valence-electron chi connectivity index (χ1n) is 6.30. The maximum absolute atomic E-state index is 3.73. The summed E-state index contributed by atoms with van der Waals surface area (Å²) in [7, 11) is -0.938. The van der Waals surface area contributed by atoms with Gasteiger partial charge in [0.1, 0.15) is 0 Å². The molecule has 0 nitrogen and oxygen atoms in total. The van der Waals surface area contributed by atoms with E-state index >= 15 is 0 Å². The van der Waals surface area contributed by atoms with E-state index in [1.807, 2.05) is 0 Å². The van der Waals surface area contributed by atoms with E-state index in [0.29, 0.717) is 5.92 Å². The smallest absolute Gasteiger partial charge is 1.00 e. The molecule has 19 heavy (non-hydrogen) atoms. The summed E-state index contributed by atoms with van der Waals surface area (Å²) in [5.41, 5.74) is 4.93. The average Bonchev–Trinajstić information content (AvgIpc) is 2.42. The third-order valence-electron chi connectivity index (χ3n) is 3.59. The number of halogens is 3. The van der Waals surface area contributed by atoms with Crippen LogP contribution in [0.1, 0.15) is 32.6 Å². The van der Waals surface area contributed by atoms with Crippen molar-refractivity contribution in [1.29, 1.82) is 0 Å². The fraction of sp³-hybridized carbons (Fsp3) is 0.714. The quantitative estimate of drug-likeness (QED) is 0.339. The van der Waals surface area contributed by atoms with E-state index in [-0.39, 0.29) is 58.9 Å². The van der Waals surface area contributed by atoms with Gasteiger partial charge in [-0.1, -0.05) is 57.8 Å². The number of rotatable bonds is 2. The van der Waals surface area contributed by atoms with Crippen LogP contribution in [0.3, 0.4) is 0 Å². The molecule has 0 saturated heterocycles. The van der Waals surface area contributed by atoms with E-state index in [4.69, 9.17) is 0 Å². The van der Waals surface area contributed by atoms with Crippen LogP contribution in [0.25, 0.3) is 0 Å². The molecule has 0 aromatic rings. The van der Waals surface area contributed by atoms with Crippen molar-refractivity contribution < 1.29 is 58.9 Å². The fourth-order valence-electron chi connectivity index (χ4n) is 2.96. The Morgan fingerprint density at radius 3 is 2.11 bits per heavy atom. The number of hydrogen-bond donors (Lipinski definition) is 0. The van der Waals surface area contributed by atoms with E-state index < -0.39 is 8.07 Å². The molecule has 0 saturated carbocycles. The predicted molar refractivity (Wildman–Crippen MR) is 69.6 cm³/mol. The van der Waals surface area contributed by atoms with E-state index in [1.165, 1.54) is 37.3 Å². The van der Waals surface area contributed by atoms with E-state index in [1.54, 1.807) is 11.1 Å². The molecule has 108 valence electrons. The molecule has 0 heterocycles. The fourth-order valence-corrected chi connectivity index (χ4v) is 4.54. The van der Waals surface area contributed by atoms with Gasteiger partial charge >= 0.3 is 21.7 Å². The molecule has 5 heteroatoms. The molecule has 2 aliphatic carbocycles. The van der Waals surface area contributed by atoms with Gasteiger partial charge in [-0.05, 0) is 6.42 Å². The van der Waals surface area contributed by atoms with Crippen molar-refractivity contribution in [2.24, 2.45) is 5.92 Å². The Bertz CT molecular complexity index is 332. The minimum atomic E-state index is -0.938. The van der Waals surface area contributed by atoms with Gasteiger partial charge in [-0.2, -0.15) is 11.1 Å². The van der Waals surface area contributed by atoms with Crippen molar-refractivity contribution in [1.82, 2.24) is 0 Å². The summed E-state index contributed by atoms with van der Waals surface area (Å²) in [6, 6.07) is 1.41. The Morgan fingerprint density at radius 2 is 1.58 bits per heavy atom. The molecule has 0 bridgehead atoms. The molecule has 2 aliphatic rings. The largest absolute Gasteiger partial charge is 4.00 e. The molecule has 0 aromatic carbocycles. The van der Waals surface area contributed by atoms with Crippen molar-refractivity contribution in [2.75, 3.05) is 0 Å². The Hall–Kier alpha value is 1.28. The van der Waals surface area contributed by atoms with E-state index in [9.17, 15) is 0 Å². The normalized spacial score (nSPS) is 21.1. The van der Waals surface area contributed by atoms with Crippen molar-refractivity contribution in [3.8, 4) is 0 Å². The average molecular weight is 374 g/mol. The summed E-state index contributed by atoms with van der Waals surface area (Å²) in [6.45, 7) is 9.70.